The number of fused-ring (bicyclic) bond motifs is 1. The van der Waals surface area contributed by atoms with Gasteiger partial charge in [-0.05, 0) is 17.7 Å². The molecule has 5 heteroatoms. The highest BCUT2D eigenvalue weighted by Crippen LogP contribution is 2.29. The molecule has 3 aromatic rings. The first-order valence-corrected chi connectivity index (χ1v) is 6.73. The number of rotatable bonds is 2. The molecule has 104 valence electrons. The summed E-state index contributed by atoms with van der Waals surface area (Å²) in [5.41, 5.74) is 10.2. The summed E-state index contributed by atoms with van der Waals surface area (Å²) in [7, 11) is 3.90. The van der Waals surface area contributed by atoms with Gasteiger partial charge in [-0.3, -0.25) is 4.68 Å². The minimum Gasteiger partial charge on any atom is -0.383 e. The van der Waals surface area contributed by atoms with Gasteiger partial charge >= 0.3 is 0 Å². The predicted octanol–water partition coefficient (Wildman–Crippen LogP) is 2.68. The Kier molecular flexibility index (Phi) is 2.78. The van der Waals surface area contributed by atoms with E-state index in [1.54, 1.807) is 10.9 Å². The highest BCUT2D eigenvalue weighted by molar-refractivity contribution is 5.85. The lowest BCUT2D eigenvalue weighted by atomic mass is 10.1. The molecule has 0 aliphatic rings. The molecule has 0 spiro atoms. The van der Waals surface area contributed by atoms with Crippen LogP contribution in [-0.4, -0.2) is 19.3 Å². The summed E-state index contributed by atoms with van der Waals surface area (Å²) in [5, 5.41) is 4.19. The van der Waals surface area contributed by atoms with Gasteiger partial charge in [0.05, 0.1) is 17.2 Å². The maximum atomic E-state index is 6.04. The fourth-order valence-corrected chi connectivity index (χ4v) is 2.57. The van der Waals surface area contributed by atoms with Crippen LogP contribution in [0.5, 0.6) is 0 Å². The second-order valence-corrected chi connectivity index (χ2v) is 5.45. The third-order valence-corrected chi connectivity index (χ3v) is 3.73. The summed E-state index contributed by atoms with van der Waals surface area (Å²) >= 11 is 0. The lowest BCUT2D eigenvalue weighted by Crippen LogP contribution is -1.99. The SMILES string of the molecule is CC(C)c1nc2cc(-c3cnn(C)c3N)ccc2n1C. The van der Waals surface area contributed by atoms with E-state index in [4.69, 9.17) is 10.7 Å². The van der Waals surface area contributed by atoms with E-state index in [1.165, 1.54) is 0 Å². The van der Waals surface area contributed by atoms with Crippen LogP contribution in [0.25, 0.3) is 22.2 Å². The monoisotopic (exact) mass is 269 g/mol. The van der Waals surface area contributed by atoms with Crippen LogP contribution in [0.3, 0.4) is 0 Å². The first-order valence-electron chi connectivity index (χ1n) is 6.73. The van der Waals surface area contributed by atoms with Crippen molar-refractivity contribution in [1.82, 2.24) is 19.3 Å². The highest BCUT2D eigenvalue weighted by atomic mass is 15.3. The van der Waals surface area contributed by atoms with Crippen molar-refractivity contribution in [2.24, 2.45) is 14.1 Å². The number of nitrogens with zero attached hydrogens (tertiary/aromatic N) is 4. The quantitative estimate of drug-likeness (QED) is 0.778. The molecule has 0 saturated carbocycles. The van der Waals surface area contributed by atoms with Gasteiger partial charge in [0.2, 0.25) is 0 Å². The molecule has 5 nitrogen and oxygen atoms in total. The Hall–Kier alpha value is -2.30. The van der Waals surface area contributed by atoms with Gasteiger partial charge in [-0.15, -0.1) is 0 Å². The zero-order chi connectivity index (χ0) is 14.4. The minimum absolute atomic E-state index is 0.402. The Bertz CT molecular complexity index is 779. The molecule has 0 fully saturated rings. The van der Waals surface area contributed by atoms with Crippen molar-refractivity contribution in [3.8, 4) is 11.1 Å². The van der Waals surface area contributed by atoms with Crippen LogP contribution >= 0.6 is 0 Å². The molecule has 0 saturated heterocycles. The first kappa shape index (κ1) is 12.7. The average molecular weight is 269 g/mol. The number of aryl methyl sites for hydroxylation is 2. The number of hydrogen-bond donors (Lipinski definition) is 1. The molecule has 0 radical (unpaired) electrons. The summed E-state index contributed by atoms with van der Waals surface area (Å²) in [5.74, 6) is 2.17. The Morgan fingerprint density at radius 3 is 2.55 bits per heavy atom. The van der Waals surface area contributed by atoms with Gasteiger partial charge in [0.25, 0.3) is 0 Å². The topological polar surface area (TPSA) is 61.7 Å². The molecule has 2 heterocycles. The number of imidazole rings is 1. The van der Waals surface area contributed by atoms with E-state index in [2.05, 4.69) is 48.8 Å². The van der Waals surface area contributed by atoms with E-state index in [0.717, 1.165) is 28.0 Å². The molecule has 3 rings (SSSR count). The van der Waals surface area contributed by atoms with Crippen molar-refractivity contribution in [3.63, 3.8) is 0 Å². The van der Waals surface area contributed by atoms with E-state index >= 15 is 0 Å². The number of benzene rings is 1. The lowest BCUT2D eigenvalue weighted by Gasteiger charge is -2.04. The molecule has 0 atom stereocenters. The van der Waals surface area contributed by atoms with Crippen molar-refractivity contribution in [2.75, 3.05) is 5.73 Å². The molecule has 0 aliphatic heterocycles. The van der Waals surface area contributed by atoms with E-state index in [0.29, 0.717) is 11.7 Å². The summed E-state index contributed by atoms with van der Waals surface area (Å²) < 4.78 is 3.83. The molecular formula is C15H19N5. The first-order chi connectivity index (χ1) is 9.49. The molecule has 1 aromatic carbocycles. The van der Waals surface area contributed by atoms with Crippen LogP contribution in [0.15, 0.2) is 24.4 Å². The van der Waals surface area contributed by atoms with Crippen LogP contribution in [-0.2, 0) is 14.1 Å². The Balaban J connectivity index is 2.18. The second-order valence-electron chi connectivity index (χ2n) is 5.45. The lowest BCUT2D eigenvalue weighted by molar-refractivity contribution is 0.722. The van der Waals surface area contributed by atoms with Crippen molar-refractivity contribution in [1.29, 1.82) is 0 Å². The van der Waals surface area contributed by atoms with Crippen molar-refractivity contribution < 1.29 is 0 Å². The van der Waals surface area contributed by atoms with Gasteiger partial charge in [0.15, 0.2) is 0 Å². The number of aromatic nitrogens is 4. The van der Waals surface area contributed by atoms with Gasteiger partial charge in [-0.1, -0.05) is 19.9 Å². The zero-order valence-electron chi connectivity index (χ0n) is 12.3. The molecule has 0 bridgehead atoms. The fourth-order valence-electron chi connectivity index (χ4n) is 2.57. The Morgan fingerprint density at radius 2 is 1.95 bits per heavy atom. The molecule has 20 heavy (non-hydrogen) atoms. The number of anilines is 1. The maximum Gasteiger partial charge on any atom is 0.129 e. The summed E-state index contributed by atoms with van der Waals surface area (Å²) in [6.07, 6.45) is 1.79. The molecule has 2 N–H and O–H groups in total. The van der Waals surface area contributed by atoms with Crippen LogP contribution in [0.1, 0.15) is 25.6 Å². The van der Waals surface area contributed by atoms with Gasteiger partial charge in [0, 0.05) is 25.6 Å². The van der Waals surface area contributed by atoms with E-state index in [9.17, 15) is 0 Å². The average Bonchev–Trinajstić information content (AvgIpc) is 2.92. The zero-order valence-corrected chi connectivity index (χ0v) is 12.3. The standard InChI is InChI=1S/C15H19N5/c1-9(2)15-18-12-7-10(5-6-13(12)19(15)3)11-8-17-20(4)14(11)16/h5-9H,16H2,1-4H3. The van der Waals surface area contributed by atoms with Gasteiger partial charge in [-0.2, -0.15) is 5.10 Å². The van der Waals surface area contributed by atoms with Crippen LogP contribution < -0.4 is 5.73 Å². The van der Waals surface area contributed by atoms with E-state index in [1.807, 2.05) is 7.05 Å². The van der Waals surface area contributed by atoms with Crippen molar-refractivity contribution in [2.45, 2.75) is 19.8 Å². The van der Waals surface area contributed by atoms with E-state index < -0.39 is 0 Å². The largest absolute Gasteiger partial charge is 0.383 e. The van der Waals surface area contributed by atoms with Gasteiger partial charge in [-0.25, -0.2) is 4.98 Å². The summed E-state index contributed by atoms with van der Waals surface area (Å²) in [6.45, 7) is 4.31. The van der Waals surface area contributed by atoms with Crippen molar-refractivity contribution >= 4 is 16.9 Å². The second kappa shape index (κ2) is 4.37. The molecule has 0 amide bonds. The normalized spacial score (nSPS) is 11.7. The molecule has 0 aliphatic carbocycles. The van der Waals surface area contributed by atoms with Crippen LogP contribution in [0.2, 0.25) is 0 Å². The smallest absolute Gasteiger partial charge is 0.129 e. The van der Waals surface area contributed by atoms with Crippen molar-refractivity contribution in [3.05, 3.63) is 30.2 Å². The predicted molar refractivity (Wildman–Crippen MR) is 81.4 cm³/mol. The highest BCUT2D eigenvalue weighted by Gasteiger charge is 2.13. The van der Waals surface area contributed by atoms with E-state index in [-0.39, 0.29) is 0 Å². The summed E-state index contributed by atoms with van der Waals surface area (Å²) in [4.78, 5) is 4.73. The molecule has 2 aromatic heterocycles. The number of nitrogens with two attached hydrogens (primary N) is 1. The van der Waals surface area contributed by atoms with Gasteiger partial charge in [0.1, 0.15) is 11.6 Å². The number of hydrogen-bond acceptors (Lipinski definition) is 3. The Morgan fingerprint density at radius 1 is 1.20 bits per heavy atom. The van der Waals surface area contributed by atoms with Crippen LogP contribution in [0.4, 0.5) is 5.82 Å². The van der Waals surface area contributed by atoms with Crippen LogP contribution in [0, 0.1) is 0 Å². The summed E-state index contributed by atoms with van der Waals surface area (Å²) in [6, 6.07) is 6.24. The minimum atomic E-state index is 0.402. The van der Waals surface area contributed by atoms with Gasteiger partial charge < -0.3 is 10.3 Å². The third-order valence-electron chi connectivity index (χ3n) is 3.73. The Labute approximate surface area is 118 Å². The molecule has 0 unspecified atom stereocenters. The fraction of sp³-hybridized carbons (Fsp3) is 0.333. The third kappa shape index (κ3) is 1.78. The maximum absolute atomic E-state index is 6.04. The molecular weight excluding hydrogens is 250 g/mol. The number of nitrogen functional groups attached to an aromatic ring is 1.